The van der Waals surface area contributed by atoms with Crippen molar-refractivity contribution in [2.75, 3.05) is 10.0 Å². The Hall–Kier alpha value is -4.54. The van der Waals surface area contributed by atoms with Crippen molar-refractivity contribution in [1.29, 1.82) is 0 Å². The second kappa shape index (κ2) is 19.6. The number of benzene rings is 3. The third-order valence-electron chi connectivity index (χ3n) is 8.87. The van der Waals surface area contributed by atoms with Gasteiger partial charge in [0.15, 0.2) is 0 Å². The van der Waals surface area contributed by atoms with Crippen molar-refractivity contribution in [1.82, 2.24) is 10.9 Å². The largest absolute Gasteiger partial charge is 0.380 e. The summed E-state index contributed by atoms with van der Waals surface area (Å²) in [6.45, 7) is 7.90. The molecule has 270 valence electrons. The molecule has 0 saturated carbocycles. The molecule has 10 heteroatoms. The number of anilines is 2. The van der Waals surface area contributed by atoms with Crippen molar-refractivity contribution in [2.45, 2.75) is 116 Å². The standard InChI is InChI=1S/C40H54N4O6/c1-5-9-27-39(49,28-10-6-2)37(47)41-43(31-21-15-13-16-22-31)35(45)33-25-19-20-26-34(33)36(46)44(32-23-17-14-18-24-32)42-38(48)40(50,29-11-7-3)30-12-8-4/h13-26,49-50H,5-12,27-30H2,1-4H3,(H,41,47)(H,42,48). The first kappa shape index (κ1) is 39.9. The number of hydrogen-bond donors (Lipinski definition) is 4. The summed E-state index contributed by atoms with van der Waals surface area (Å²) < 4.78 is 0. The molecule has 0 fully saturated rings. The first-order valence-electron chi connectivity index (χ1n) is 18.0. The van der Waals surface area contributed by atoms with E-state index in [1.165, 1.54) is 12.1 Å². The number of nitrogens with zero attached hydrogens (tertiary/aromatic N) is 2. The van der Waals surface area contributed by atoms with Crippen molar-refractivity contribution in [3.63, 3.8) is 0 Å². The normalized spacial score (nSPS) is 11.5. The van der Waals surface area contributed by atoms with Crippen LogP contribution < -0.4 is 20.9 Å². The molecule has 0 aromatic heterocycles. The van der Waals surface area contributed by atoms with Gasteiger partial charge in [-0.2, -0.15) is 0 Å². The lowest BCUT2D eigenvalue weighted by Gasteiger charge is -2.32. The first-order valence-corrected chi connectivity index (χ1v) is 18.0. The van der Waals surface area contributed by atoms with E-state index in [1.54, 1.807) is 72.8 Å². The molecule has 0 aliphatic heterocycles. The number of hydrazine groups is 2. The second-order valence-electron chi connectivity index (χ2n) is 12.9. The highest BCUT2D eigenvalue weighted by atomic mass is 16.3. The molecule has 0 saturated heterocycles. The van der Waals surface area contributed by atoms with Crippen molar-refractivity contribution >= 4 is 35.0 Å². The summed E-state index contributed by atoms with van der Waals surface area (Å²) in [5.41, 5.74) is 2.51. The minimum Gasteiger partial charge on any atom is -0.380 e. The number of nitrogens with one attached hydrogen (secondary N) is 2. The molecule has 0 atom stereocenters. The van der Waals surface area contributed by atoms with Gasteiger partial charge in [-0.3, -0.25) is 30.0 Å². The lowest BCUT2D eigenvalue weighted by molar-refractivity contribution is -0.142. The molecule has 0 heterocycles. The van der Waals surface area contributed by atoms with E-state index in [0.717, 1.165) is 35.7 Å². The molecule has 0 aliphatic carbocycles. The van der Waals surface area contributed by atoms with Gasteiger partial charge in [-0.25, -0.2) is 10.0 Å². The summed E-state index contributed by atoms with van der Waals surface area (Å²) in [7, 11) is 0. The zero-order valence-corrected chi connectivity index (χ0v) is 30.0. The van der Waals surface area contributed by atoms with Gasteiger partial charge in [-0.05, 0) is 62.1 Å². The number of rotatable bonds is 18. The quantitative estimate of drug-likeness (QED) is 0.104. The third-order valence-corrected chi connectivity index (χ3v) is 8.87. The van der Waals surface area contributed by atoms with Crippen LogP contribution in [0.2, 0.25) is 0 Å². The highest BCUT2D eigenvalue weighted by Crippen LogP contribution is 2.27. The molecular weight excluding hydrogens is 632 g/mol. The van der Waals surface area contributed by atoms with Gasteiger partial charge in [-0.15, -0.1) is 0 Å². The summed E-state index contributed by atoms with van der Waals surface area (Å²) in [4.78, 5) is 56.5. The summed E-state index contributed by atoms with van der Waals surface area (Å²) in [5, 5.41) is 25.1. The Labute approximate surface area is 296 Å². The molecule has 3 rings (SSSR count). The fourth-order valence-electron chi connectivity index (χ4n) is 5.71. The predicted molar refractivity (Wildman–Crippen MR) is 197 cm³/mol. The molecular formula is C40H54N4O6. The molecule has 4 amide bonds. The van der Waals surface area contributed by atoms with E-state index in [2.05, 4.69) is 10.9 Å². The molecule has 0 bridgehead atoms. The summed E-state index contributed by atoms with van der Waals surface area (Å²) in [6, 6.07) is 23.1. The van der Waals surface area contributed by atoms with Crippen LogP contribution in [0.25, 0.3) is 0 Å². The minimum absolute atomic E-state index is 0.0466. The van der Waals surface area contributed by atoms with Crippen LogP contribution in [0.1, 0.15) is 125 Å². The van der Waals surface area contributed by atoms with Gasteiger partial charge in [0.1, 0.15) is 11.2 Å². The Morgan fingerprint density at radius 2 is 0.780 bits per heavy atom. The van der Waals surface area contributed by atoms with Crippen LogP contribution in [-0.4, -0.2) is 45.0 Å². The Balaban J connectivity index is 2.06. The van der Waals surface area contributed by atoms with Crippen LogP contribution in [0, 0.1) is 0 Å². The van der Waals surface area contributed by atoms with Crippen LogP contribution >= 0.6 is 0 Å². The zero-order valence-electron chi connectivity index (χ0n) is 30.0. The van der Waals surface area contributed by atoms with Gasteiger partial charge in [0.25, 0.3) is 23.6 Å². The van der Waals surface area contributed by atoms with Crippen molar-refractivity contribution in [3.8, 4) is 0 Å². The Kier molecular flexibility index (Phi) is 15.6. The van der Waals surface area contributed by atoms with Crippen LogP contribution in [0.4, 0.5) is 11.4 Å². The van der Waals surface area contributed by atoms with Gasteiger partial charge in [-0.1, -0.05) is 128 Å². The van der Waals surface area contributed by atoms with Gasteiger partial charge < -0.3 is 10.2 Å². The van der Waals surface area contributed by atoms with Crippen molar-refractivity contribution in [2.24, 2.45) is 0 Å². The van der Waals surface area contributed by atoms with Gasteiger partial charge in [0, 0.05) is 0 Å². The first-order chi connectivity index (χ1) is 24.0. The highest BCUT2D eigenvalue weighted by Gasteiger charge is 2.39. The molecule has 0 spiro atoms. The molecule has 3 aromatic rings. The van der Waals surface area contributed by atoms with E-state index in [9.17, 15) is 29.4 Å². The number of amides is 4. The van der Waals surface area contributed by atoms with Crippen molar-refractivity contribution < 1.29 is 29.4 Å². The third kappa shape index (κ3) is 10.5. The lowest BCUT2D eigenvalue weighted by Crippen LogP contribution is -2.56. The molecule has 0 radical (unpaired) electrons. The van der Waals surface area contributed by atoms with Crippen molar-refractivity contribution in [3.05, 3.63) is 96.1 Å². The fraction of sp³-hybridized carbons (Fsp3) is 0.450. The molecule has 10 nitrogen and oxygen atoms in total. The van der Waals surface area contributed by atoms with E-state index < -0.39 is 34.8 Å². The van der Waals surface area contributed by atoms with Crippen LogP contribution in [0.5, 0.6) is 0 Å². The Bertz CT molecular complexity index is 1400. The summed E-state index contributed by atoms with van der Waals surface area (Å²) in [6.07, 6.45) is 6.53. The van der Waals surface area contributed by atoms with E-state index in [1.807, 2.05) is 27.7 Å². The SMILES string of the molecule is CCCCC(O)(CCCC)C(=O)NN(C(=O)c1ccccc1C(=O)N(NC(=O)C(O)(CCCC)CCCC)c1ccccc1)c1ccccc1. The predicted octanol–water partition coefficient (Wildman–Crippen LogP) is 7.27. The number of carbonyl (C=O) groups is 4. The molecule has 0 unspecified atom stereocenters. The van der Waals surface area contributed by atoms with Crippen LogP contribution in [0.3, 0.4) is 0 Å². The summed E-state index contributed by atoms with van der Waals surface area (Å²) >= 11 is 0. The molecule has 3 aromatic carbocycles. The smallest absolute Gasteiger partial charge is 0.277 e. The van der Waals surface area contributed by atoms with Gasteiger partial charge in [0.2, 0.25) is 0 Å². The number of hydrogen-bond acceptors (Lipinski definition) is 6. The monoisotopic (exact) mass is 686 g/mol. The van der Waals surface area contributed by atoms with Crippen LogP contribution in [-0.2, 0) is 9.59 Å². The zero-order chi connectivity index (χ0) is 36.6. The van der Waals surface area contributed by atoms with E-state index in [4.69, 9.17) is 0 Å². The number of aliphatic hydroxyl groups is 2. The topological polar surface area (TPSA) is 139 Å². The molecule has 0 aliphatic rings. The van der Waals surface area contributed by atoms with E-state index >= 15 is 0 Å². The number of unbranched alkanes of at least 4 members (excludes halogenated alkanes) is 4. The Morgan fingerprint density at radius 3 is 1.06 bits per heavy atom. The lowest BCUT2D eigenvalue weighted by atomic mass is 9.90. The minimum atomic E-state index is -1.70. The summed E-state index contributed by atoms with van der Waals surface area (Å²) in [5.74, 6) is -2.86. The average molecular weight is 687 g/mol. The average Bonchev–Trinajstić information content (AvgIpc) is 3.15. The second-order valence-corrected chi connectivity index (χ2v) is 12.9. The Morgan fingerprint density at radius 1 is 0.500 bits per heavy atom. The molecule has 50 heavy (non-hydrogen) atoms. The van der Waals surface area contributed by atoms with E-state index in [0.29, 0.717) is 37.1 Å². The number of carbonyl (C=O) groups excluding carboxylic acids is 4. The highest BCUT2D eigenvalue weighted by molar-refractivity contribution is 6.17. The molecule has 4 N–H and O–H groups in total. The van der Waals surface area contributed by atoms with Crippen LogP contribution in [0.15, 0.2) is 84.9 Å². The van der Waals surface area contributed by atoms with E-state index in [-0.39, 0.29) is 36.8 Å². The van der Waals surface area contributed by atoms with Gasteiger partial charge >= 0.3 is 0 Å². The maximum atomic E-state index is 14.5. The number of para-hydroxylation sites is 2. The van der Waals surface area contributed by atoms with Gasteiger partial charge in [0.05, 0.1) is 22.5 Å². The maximum Gasteiger partial charge on any atom is 0.277 e. The maximum absolute atomic E-state index is 14.5. The fourth-order valence-corrected chi connectivity index (χ4v) is 5.71.